The van der Waals surface area contributed by atoms with E-state index in [0.29, 0.717) is 5.41 Å². The molecular formula is C11H16N2. The van der Waals surface area contributed by atoms with Crippen molar-refractivity contribution in [3.8, 4) is 0 Å². The van der Waals surface area contributed by atoms with E-state index in [1.165, 1.54) is 12.8 Å². The van der Waals surface area contributed by atoms with Crippen LogP contribution in [0.25, 0.3) is 0 Å². The smallest absolute Gasteiger partial charge is 0.0360 e. The highest BCUT2D eigenvalue weighted by Crippen LogP contribution is 2.44. The van der Waals surface area contributed by atoms with E-state index in [0.717, 1.165) is 17.9 Å². The minimum Gasteiger partial charge on any atom is -0.399 e. The molecule has 0 amide bonds. The third-order valence-electron chi connectivity index (χ3n) is 2.71. The van der Waals surface area contributed by atoms with Crippen molar-refractivity contribution >= 4 is 11.4 Å². The molecular weight excluding hydrogens is 160 g/mol. The minimum atomic E-state index is 0.546. The van der Waals surface area contributed by atoms with Gasteiger partial charge in [0.05, 0.1) is 0 Å². The Hall–Kier alpha value is -1.18. The second-order valence-corrected chi connectivity index (χ2v) is 4.29. The van der Waals surface area contributed by atoms with Crippen LogP contribution in [0.15, 0.2) is 24.3 Å². The molecule has 0 unspecified atom stereocenters. The summed E-state index contributed by atoms with van der Waals surface area (Å²) >= 11 is 0. The molecule has 1 aliphatic rings. The number of nitrogens with one attached hydrogen (secondary N) is 1. The van der Waals surface area contributed by atoms with E-state index in [9.17, 15) is 0 Å². The van der Waals surface area contributed by atoms with Gasteiger partial charge < -0.3 is 11.1 Å². The van der Waals surface area contributed by atoms with E-state index >= 15 is 0 Å². The summed E-state index contributed by atoms with van der Waals surface area (Å²) in [6.45, 7) is 3.38. The topological polar surface area (TPSA) is 38.0 Å². The SMILES string of the molecule is CC1(CNc2cccc(N)c2)CC1. The van der Waals surface area contributed by atoms with Crippen molar-refractivity contribution in [3.63, 3.8) is 0 Å². The zero-order valence-corrected chi connectivity index (χ0v) is 8.01. The Balaban J connectivity index is 1.94. The summed E-state index contributed by atoms with van der Waals surface area (Å²) < 4.78 is 0. The van der Waals surface area contributed by atoms with Crippen molar-refractivity contribution in [1.29, 1.82) is 0 Å². The highest BCUT2D eigenvalue weighted by Gasteiger charge is 2.36. The summed E-state index contributed by atoms with van der Waals surface area (Å²) in [5.74, 6) is 0. The van der Waals surface area contributed by atoms with Gasteiger partial charge in [0, 0.05) is 17.9 Å². The number of anilines is 2. The number of nitrogen functional groups attached to an aromatic ring is 1. The Bertz CT molecular complexity index is 303. The van der Waals surface area contributed by atoms with Crippen LogP contribution in [0.2, 0.25) is 0 Å². The summed E-state index contributed by atoms with van der Waals surface area (Å²) in [7, 11) is 0. The van der Waals surface area contributed by atoms with Crippen LogP contribution in [-0.2, 0) is 0 Å². The Labute approximate surface area is 79.1 Å². The van der Waals surface area contributed by atoms with Crippen LogP contribution in [0, 0.1) is 5.41 Å². The van der Waals surface area contributed by atoms with Gasteiger partial charge in [0.2, 0.25) is 0 Å². The largest absolute Gasteiger partial charge is 0.399 e. The molecule has 3 N–H and O–H groups in total. The van der Waals surface area contributed by atoms with Gasteiger partial charge in [0.25, 0.3) is 0 Å². The fourth-order valence-corrected chi connectivity index (χ4v) is 1.35. The number of nitrogens with two attached hydrogens (primary N) is 1. The molecule has 2 nitrogen and oxygen atoms in total. The fourth-order valence-electron chi connectivity index (χ4n) is 1.35. The summed E-state index contributed by atoms with van der Waals surface area (Å²) in [6, 6.07) is 7.92. The number of rotatable bonds is 3. The van der Waals surface area contributed by atoms with Crippen molar-refractivity contribution in [2.24, 2.45) is 5.41 Å². The van der Waals surface area contributed by atoms with E-state index in [1.54, 1.807) is 0 Å². The third-order valence-corrected chi connectivity index (χ3v) is 2.71. The van der Waals surface area contributed by atoms with E-state index in [-0.39, 0.29) is 0 Å². The molecule has 0 spiro atoms. The van der Waals surface area contributed by atoms with Crippen LogP contribution >= 0.6 is 0 Å². The molecule has 0 aromatic heterocycles. The van der Waals surface area contributed by atoms with Crippen LogP contribution in [0.5, 0.6) is 0 Å². The highest BCUT2D eigenvalue weighted by atomic mass is 14.9. The van der Waals surface area contributed by atoms with Gasteiger partial charge >= 0.3 is 0 Å². The maximum atomic E-state index is 5.67. The van der Waals surface area contributed by atoms with Gasteiger partial charge in [0.1, 0.15) is 0 Å². The van der Waals surface area contributed by atoms with Crippen LogP contribution < -0.4 is 11.1 Å². The van der Waals surface area contributed by atoms with E-state index < -0.39 is 0 Å². The van der Waals surface area contributed by atoms with Crippen molar-refractivity contribution < 1.29 is 0 Å². The highest BCUT2D eigenvalue weighted by molar-refractivity contribution is 5.54. The first-order chi connectivity index (χ1) is 6.18. The molecule has 1 saturated carbocycles. The Morgan fingerprint density at radius 2 is 2.23 bits per heavy atom. The van der Waals surface area contributed by atoms with Crippen LogP contribution in [0.1, 0.15) is 19.8 Å². The zero-order valence-electron chi connectivity index (χ0n) is 8.01. The normalized spacial score (nSPS) is 18.2. The molecule has 0 radical (unpaired) electrons. The minimum absolute atomic E-state index is 0.546. The molecule has 0 bridgehead atoms. The van der Waals surface area contributed by atoms with Crippen molar-refractivity contribution in [1.82, 2.24) is 0 Å². The predicted molar refractivity (Wildman–Crippen MR) is 56.7 cm³/mol. The quantitative estimate of drug-likeness (QED) is 0.694. The molecule has 1 aromatic carbocycles. The van der Waals surface area contributed by atoms with Crippen LogP contribution in [0.4, 0.5) is 11.4 Å². The standard InChI is InChI=1S/C11H16N2/c1-11(5-6-11)8-13-10-4-2-3-9(12)7-10/h2-4,7,13H,5-6,8,12H2,1H3. The Morgan fingerprint density at radius 1 is 1.46 bits per heavy atom. The summed E-state index contributed by atoms with van der Waals surface area (Å²) in [4.78, 5) is 0. The molecule has 2 rings (SSSR count). The number of hydrogen-bond donors (Lipinski definition) is 2. The van der Waals surface area contributed by atoms with Crippen molar-refractivity contribution in [2.45, 2.75) is 19.8 Å². The van der Waals surface area contributed by atoms with Gasteiger partial charge in [-0.25, -0.2) is 0 Å². The van der Waals surface area contributed by atoms with E-state index in [4.69, 9.17) is 5.73 Å². The Kier molecular flexibility index (Phi) is 1.91. The van der Waals surface area contributed by atoms with Gasteiger partial charge in [-0.05, 0) is 36.5 Å². The van der Waals surface area contributed by atoms with Crippen LogP contribution in [-0.4, -0.2) is 6.54 Å². The van der Waals surface area contributed by atoms with Gasteiger partial charge in [-0.3, -0.25) is 0 Å². The fraction of sp³-hybridized carbons (Fsp3) is 0.455. The second-order valence-electron chi connectivity index (χ2n) is 4.29. The van der Waals surface area contributed by atoms with Crippen molar-refractivity contribution in [3.05, 3.63) is 24.3 Å². The first kappa shape index (κ1) is 8.42. The van der Waals surface area contributed by atoms with E-state index in [2.05, 4.69) is 18.3 Å². The maximum Gasteiger partial charge on any atom is 0.0360 e. The molecule has 0 saturated heterocycles. The lowest BCUT2D eigenvalue weighted by molar-refractivity contribution is 0.611. The lowest BCUT2D eigenvalue weighted by Gasteiger charge is -2.11. The average molecular weight is 176 g/mol. The second kappa shape index (κ2) is 2.95. The third kappa shape index (κ3) is 2.14. The molecule has 2 heteroatoms. The monoisotopic (exact) mass is 176 g/mol. The Morgan fingerprint density at radius 3 is 2.85 bits per heavy atom. The summed E-state index contributed by atoms with van der Waals surface area (Å²) in [5, 5.41) is 3.41. The summed E-state index contributed by atoms with van der Waals surface area (Å²) in [6.07, 6.45) is 2.70. The number of hydrogen-bond acceptors (Lipinski definition) is 2. The molecule has 0 aliphatic heterocycles. The van der Waals surface area contributed by atoms with Gasteiger partial charge in [-0.15, -0.1) is 0 Å². The molecule has 1 fully saturated rings. The van der Waals surface area contributed by atoms with Gasteiger partial charge in [-0.1, -0.05) is 13.0 Å². The van der Waals surface area contributed by atoms with Gasteiger partial charge in [-0.2, -0.15) is 0 Å². The lowest BCUT2D eigenvalue weighted by Crippen LogP contribution is -2.11. The molecule has 13 heavy (non-hydrogen) atoms. The molecule has 0 atom stereocenters. The van der Waals surface area contributed by atoms with E-state index in [1.807, 2.05) is 18.2 Å². The average Bonchev–Trinajstić information content (AvgIpc) is 2.82. The maximum absolute atomic E-state index is 5.67. The predicted octanol–water partition coefficient (Wildman–Crippen LogP) is 2.48. The molecule has 0 heterocycles. The molecule has 70 valence electrons. The first-order valence-corrected chi connectivity index (χ1v) is 4.77. The lowest BCUT2D eigenvalue weighted by atomic mass is 10.1. The van der Waals surface area contributed by atoms with Crippen LogP contribution in [0.3, 0.4) is 0 Å². The van der Waals surface area contributed by atoms with Gasteiger partial charge in [0.15, 0.2) is 0 Å². The van der Waals surface area contributed by atoms with Crippen molar-refractivity contribution in [2.75, 3.05) is 17.6 Å². The molecule has 1 aromatic rings. The molecule has 1 aliphatic carbocycles. The summed E-state index contributed by atoms with van der Waals surface area (Å²) in [5.41, 5.74) is 8.18. The zero-order chi connectivity index (χ0) is 9.31. The number of benzene rings is 1. The first-order valence-electron chi connectivity index (χ1n) is 4.77.